The first-order valence-electron chi connectivity index (χ1n) is 12.8. The van der Waals surface area contributed by atoms with Crippen LogP contribution in [0.2, 0.25) is 0 Å². The predicted octanol–water partition coefficient (Wildman–Crippen LogP) is 1.70. The summed E-state index contributed by atoms with van der Waals surface area (Å²) in [6.45, 7) is -0.223. The van der Waals surface area contributed by atoms with E-state index in [1.165, 1.54) is 12.7 Å². The molecule has 8 unspecified atom stereocenters. The van der Waals surface area contributed by atoms with Crippen molar-refractivity contribution >= 4 is 61.1 Å². The maximum atomic E-state index is 12.9. The van der Waals surface area contributed by atoms with E-state index in [1.54, 1.807) is 21.4 Å². The number of anilines is 1. The van der Waals surface area contributed by atoms with Crippen molar-refractivity contribution in [2.24, 2.45) is 10.7 Å². The first-order chi connectivity index (χ1) is 20.1. The molecule has 7 rings (SSSR count). The Morgan fingerprint density at radius 2 is 2.00 bits per heavy atom. The van der Waals surface area contributed by atoms with Crippen LogP contribution in [0, 0.1) is 0 Å². The summed E-state index contributed by atoms with van der Waals surface area (Å²) in [7, 11) is -2.58. The summed E-state index contributed by atoms with van der Waals surface area (Å²) >= 11 is 5.38. The van der Waals surface area contributed by atoms with Crippen molar-refractivity contribution < 1.29 is 37.0 Å². The van der Waals surface area contributed by atoms with E-state index < -0.39 is 51.8 Å². The van der Waals surface area contributed by atoms with Crippen molar-refractivity contribution in [3.63, 3.8) is 0 Å². The third-order valence-corrected chi connectivity index (χ3v) is 9.66. The van der Waals surface area contributed by atoms with Gasteiger partial charge >= 0.3 is 15.0 Å². The Morgan fingerprint density at radius 3 is 2.86 bits per heavy atom. The summed E-state index contributed by atoms with van der Waals surface area (Å²) in [5.74, 6) is 0.846. The minimum absolute atomic E-state index is 0.0859. The molecule has 3 aromatic heterocycles. The van der Waals surface area contributed by atoms with Gasteiger partial charge in [0, 0.05) is 23.6 Å². The average molecular weight is 639 g/mol. The van der Waals surface area contributed by atoms with E-state index in [2.05, 4.69) is 31.8 Å². The summed E-state index contributed by atoms with van der Waals surface area (Å²) in [5, 5.41) is 3.48. The minimum atomic E-state index is -3.84. The number of hydrogen-bond donors (Lipinski definition) is 4. The van der Waals surface area contributed by atoms with E-state index in [9.17, 15) is 9.46 Å². The second kappa shape index (κ2) is 10.7. The van der Waals surface area contributed by atoms with E-state index in [0.717, 1.165) is 0 Å². The van der Waals surface area contributed by atoms with Gasteiger partial charge in [-0.25, -0.2) is 15.0 Å². The predicted molar refractivity (Wildman–Crippen MR) is 150 cm³/mol. The van der Waals surface area contributed by atoms with Crippen LogP contribution in [0.5, 0.6) is 0 Å². The summed E-state index contributed by atoms with van der Waals surface area (Å²) in [5.41, 5.74) is 13.4. The van der Waals surface area contributed by atoms with Gasteiger partial charge in [-0.1, -0.05) is 6.58 Å². The van der Waals surface area contributed by atoms with Crippen molar-refractivity contribution in [1.29, 1.82) is 0 Å². The first kappa shape index (κ1) is 27.9. The number of aromatic nitrogens is 5. The van der Waals surface area contributed by atoms with Crippen molar-refractivity contribution in [2.45, 2.75) is 49.7 Å². The number of imidazole rings is 1. The zero-order valence-corrected chi connectivity index (χ0v) is 24.4. The summed E-state index contributed by atoms with van der Waals surface area (Å²) in [4.78, 5) is 28.1. The molecule has 0 aliphatic carbocycles. The Labute approximate surface area is 244 Å². The number of nitrogens with one attached hydrogen (secondary N) is 1. The van der Waals surface area contributed by atoms with Crippen LogP contribution in [0.4, 0.5) is 11.6 Å². The van der Waals surface area contributed by atoms with Crippen molar-refractivity contribution in [3.05, 3.63) is 37.2 Å². The van der Waals surface area contributed by atoms with Gasteiger partial charge in [-0.2, -0.15) is 4.99 Å². The fourth-order valence-corrected chi connectivity index (χ4v) is 7.63. The molecule has 4 aliphatic rings. The highest BCUT2D eigenvalue weighted by Gasteiger charge is 2.48. The molecule has 3 aromatic rings. The van der Waals surface area contributed by atoms with Gasteiger partial charge in [-0.05, 0) is 17.9 Å². The van der Waals surface area contributed by atoms with E-state index >= 15 is 0 Å². The average Bonchev–Trinajstić information content (AvgIpc) is 3.71. The number of fused-ring (bicyclic) bond motifs is 5. The standard InChI is InChI=1S/C22H25N9O8P2S/c1-10-17-20(29-22(24)28-10)31(9-27-17)21-14-4-11(36-21)6-34-40(32)38-13-5-16(37-15(13)7-35-41(33,42)39-14)30-3-2-12-18(23)25-8-26-19(12)30/h2-3,8-9,11,13-16,21H,1,4-7H2,(H5-,23,24,25,26,28,29,33,42)/p+1. The lowest BCUT2D eigenvalue weighted by atomic mass is 10.2. The van der Waals surface area contributed by atoms with Crippen molar-refractivity contribution in [1.82, 2.24) is 29.4 Å². The molecule has 0 saturated carbocycles. The second-order valence-corrected chi connectivity index (χ2v) is 13.7. The van der Waals surface area contributed by atoms with Gasteiger partial charge in [-0.15, -0.1) is 9.05 Å². The smallest absolute Gasteiger partial charge is 0.383 e. The number of nitrogens with zero attached hydrogens (tertiary/aromatic N) is 6. The van der Waals surface area contributed by atoms with Gasteiger partial charge in [0.25, 0.3) is 0 Å². The Kier molecular flexibility index (Phi) is 7.10. The molecule has 6 N–H and O–H groups in total. The molecule has 4 aliphatic heterocycles. The van der Waals surface area contributed by atoms with Gasteiger partial charge in [0.2, 0.25) is 0 Å². The quantitative estimate of drug-likeness (QED) is 0.294. The van der Waals surface area contributed by atoms with Crippen LogP contribution in [-0.2, 0) is 43.9 Å². The lowest BCUT2D eigenvalue weighted by molar-refractivity contribution is -0.0580. The molecule has 3 fully saturated rings. The maximum Gasteiger partial charge on any atom is 0.697 e. The highest BCUT2D eigenvalue weighted by atomic mass is 32.5. The number of nitrogens with two attached hydrogens (primary N) is 2. The lowest BCUT2D eigenvalue weighted by Gasteiger charge is -2.26. The Balaban J connectivity index is 1.13. The topological polar surface area (TPSA) is 218 Å². The molecule has 8 atom stereocenters. The first-order valence-corrected chi connectivity index (χ1v) is 16.5. The fraction of sp³-hybridized carbons (Fsp3) is 0.455. The second-order valence-electron chi connectivity index (χ2n) is 9.96. The molecule has 0 amide bonds. The SMILES string of the molecule is C=C1NC(N)=Nc2c1ncn2C1OC2CO[P+](=O)OC3CC(n4ccc5c(N)ncnc54)OC3COP(O)(=S)OC1C2. The normalized spacial score (nSPS) is 34.5. The van der Waals surface area contributed by atoms with Crippen LogP contribution in [-0.4, -0.2) is 72.6 Å². The van der Waals surface area contributed by atoms with E-state index in [-0.39, 0.29) is 32.0 Å². The summed E-state index contributed by atoms with van der Waals surface area (Å²) in [6.07, 6.45) is 0.844. The largest absolute Gasteiger partial charge is 0.697 e. The number of aliphatic imine (C=N–C) groups is 1. The van der Waals surface area contributed by atoms with Gasteiger partial charge in [0.15, 0.2) is 18.0 Å². The zero-order valence-electron chi connectivity index (χ0n) is 21.8. The number of nitrogen functional groups attached to an aromatic ring is 1. The van der Waals surface area contributed by atoms with Crippen LogP contribution < -0.4 is 16.8 Å². The molecule has 42 heavy (non-hydrogen) atoms. The lowest BCUT2D eigenvalue weighted by Crippen LogP contribution is -2.32. The molecular weight excluding hydrogens is 612 g/mol. The van der Waals surface area contributed by atoms with E-state index in [4.69, 9.17) is 50.8 Å². The van der Waals surface area contributed by atoms with Crippen LogP contribution >= 0.6 is 15.0 Å². The van der Waals surface area contributed by atoms with Gasteiger partial charge in [0.1, 0.15) is 54.6 Å². The molecule has 0 radical (unpaired) electrons. The van der Waals surface area contributed by atoms with Crippen LogP contribution in [0.3, 0.4) is 0 Å². The van der Waals surface area contributed by atoms with Crippen LogP contribution in [0.25, 0.3) is 16.7 Å². The fourth-order valence-electron chi connectivity index (χ4n) is 5.39. The molecule has 0 spiro atoms. The number of ether oxygens (including phenoxy) is 2. The molecule has 222 valence electrons. The Hall–Kier alpha value is -2.89. The minimum Gasteiger partial charge on any atom is -0.383 e. The van der Waals surface area contributed by atoms with E-state index in [1.807, 2.05) is 0 Å². The molecule has 20 heteroatoms. The molecule has 2 bridgehead atoms. The van der Waals surface area contributed by atoms with Gasteiger partial charge in [-0.3, -0.25) is 4.57 Å². The van der Waals surface area contributed by atoms with Gasteiger partial charge in [0.05, 0.1) is 30.1 Å². The van der Waals surface area contributed by atoms with Crippen molar-refractivity contribution in [2.75, 3.05) is 18.9 Å². The highest BCUT2D eigenvalue weighted by molar-refractivity contribution is 8.07. The monoisotopic (exact) mass is 638 g/mol. The number of hydrogen-bond acceptors (Lipinski definition) is 15. The van der Waals surface area contributed by atoms with Crippen LogP contribution in [0.15, 0.2) is 36.5 Å². The zero-order chi connectivity index (χ0) is 29.2. The van der Waals surface area contributed by atoms with Crippen LogP contribution in [0.1, 0.15) is 31.0 Å². The summed E-state index contributed by atoms with van der Waals surface area (Å²) in [6, 6.07) is 1.78. The Bertz CT molecular complexity index is 1670. The third kappa shape index (κ3) is 5.13. The molecular formula is C22H26N9O8P2S+. The van der Waals surface area contributed by atoms with Crippen molar-refractivity contribution in [3.8, 4) is 0 Å². The highest BCUT2D eigenvalue weighted by Crippen LogP contribution is 2.52. The van der Waals surface area contributed by atoms with E-state index in [0.29, 0.717) is 34.1 Å². The number of rotatable bonds is 2. The molecule has 7 heterocycles. The molecule has 3 saturated heterocycles. The third-order valence-electron chi connectivity index (χ3n) is 7.27. The Morgan fingerprint density at radius 1 is 1.14 bits per heavy atom. The maximum absolute atomic E-state index is 12.9. The molecule has 0 aromatic carbocycles. The number of guanidine groups is 1. The van der Waals surface area contributed by atoms with Gasteiger partial charge < -0.3 is 44.8 Å². The molecule has 17 nitrogen and oxygen atoms in total. The summed E-state index contributed by atoms with van der Waals surface area (Å²) < 4.78 is 51.7.